The molecule has 28 heavy (non-hydrogen) atoms. The van der Waals surface area contributed by atoms with Gasteiger partial charge in [-0.1, -0.05) is 41.9 Å². The summed E-state index contributed by atoms with van der Waals surface area (Å²) in [5.41, 5.74) is -0.868. The number of hydrogen-bond donors (Lipinski definition) is 0. The number of hydrogen-bond acceptors (Lipinski definition) is 3. The van der Waals surface area contributed by atoms with E-state index in [9.17, 15) is 22.8 Å². The fraction of sp³-hybridized carbons (Fsp3) is 0.100. The minimum Gasteiger partial charge on any atom is -0.240 e. The highest BCUT2D eigenvalue weighted by Crippen LogP contribution is 2.38. The van der Waals surface area contributed by atoms with Crippen LogP contribution in [0.15, 0.2) is 59.6 Å². The molecule has 142 valence electrons. The summed E-state index contributed by atoms with van der Waals surface area (Å²) in [5.74, 6) is -0.436. The zero-order valence-electron chi connectivity index (χ0n) is 14.1. The van der Waals surface area contributed by atoms with Crippen molar-refractivity contribution in [1.82, 2.24) is 4.98 Å². The largest absolute Gasteiger partial charge is 0.417 e. The van der Waals surface area contributed by atoms with Gasteiger partial charge in [-0.05, 0) is 29.8 Å². The van der Waals surface area contributed by atoms with Crippen molar-refractivity contribution in [2.45, 2.75) is 17.0 Å². The first-order chi connectivity index (χ1) is 13.3. The first-order valence-electron chi connectivity index (χ1n) is 7.94. The molecule has 1 aromatic heterocycles. The number of benzene rings is 2. The molecule has 0 saturated heterocycles. The third-order valence-electron chi connectivity index (χ3n) is 3.87. The van der Waals surface area contributed by atoms with Gasteiger partial charge in [0.2, 0.25) is 0 Å². The van der Waals surface area contributed by atoms with Gasteiger partial charge in [-0.2, -0.15) is 18.4 Å². The van der Waals surface area contributed by atoms with Gasteiger partial charge in [0.25, 0.3) is 0 Å². The summed E-state index contributed by atoms with van der Waals surface area (Å²) < 4.78 is 54.4. The number of nitrogens with zero attached hydrogens (tertiary/aromatic N) is 2. The summed E-state index contributed by atoms with van der Waals surface area (Å²) in [7, 11) is 0. The van der Waals surface area contributed by atoms with Gasteiger partial charge in [-0.3, -0.25) is 0 Å². The van der Waals surface area contributed by atoms with Crippen LogP contribution in [-0.4, -0.2) is 4.98 Å². The number of halogens is 5. The Morgan fingerprint density at radius 3 is 2.36 bits per heavy atom. The van der Waals surface area contributed by atoms with Crippen LogP contribution < -0.4 is 0 Å². The van der Waals surface area contributed by atoms with Crippen LogP contribution in [0.1, 0.15) is 16.7 Å². The Kier molecular flexibility index (Phi) is 5.92. The zero-order valence-corrected chi connectivity index (χ0v) is 15.7. The van der Waals surface area contributed by atoms with Crippen molar-refractivity contribution in [3.63, 3.8) is 0 Å². The molecule has 0 spiro atoms. The Morgan fingerprint density at radius 1 is 1.07 bits per heavy atom. The van der Waals surface area contributed by atoms with E-state index >= 15 is 0 Å². The van der Waals surface area contributed by atoms with Crippen LogP contribution in [-0.2, 0) is 11.9 Å². The minimum atomic E-state index is -4.73. The molecule has 0 atom stereocenters. The van der Waals surface area contributed by atoms with Gasteiger partial charge in [-0.25, -0.2) is 9.37 Å². The maximum atomic E-state index is 13.8. The highest BCUT2D eigenvalue weighted by Gasteiger charge is 2.36. The Morgan fingerprint density at radius 2 is 1.75 bits per heavy atom. The molecule has 2 nitrogen and oxygen atoms in total. The maximum absolute atomic E-state index is 13.8. The average molecular weight is 423 g/mol. The minimum absolute atomic E-state index is 0.0374. The van der Waals surface area contributed by atoms with E-state index in [0.717, 1.165) is 17.8 Å². The van der Waals surface area contributed by atoms with Crippen molar-refractivity contribution in [3.05, 3.63) is 82.1 Å². The molecule has 0 amide bonds. The van der Waals surface area contributed by atoms with Crippen molar-refractivity contribution in [1.29, 1.82) is 5.26 Å². The first-order valence-corrected chi connectivity index (χ1v) is 9.30. The van der Waals surface area contributed by atoms with Gasteiger partial charge < -0.3 is 0 Å². The summed E-state index contributed by atoms with van der Waals surface area (Å²) in [6.45, 7) is 0. The van der Waals surface area contributed by atoms with Crippen molar-refractivity contribution in [3.8, 4) is 17.3 Å². The zero-order chi connectivity index (χ0) is 20.3. The van der Waals surface area contributed by atoms with Crippen molar-refractivity contribution in [2.75, 3.05) is 0 Å². The summed E-state index contributed by atoms with van der Waals surface area (Å²) in [5, 5.41) is 9.64. The lowest BCUT2D eigenvalue weighted by Gasteiger charge is -2.14. The first kappa shape index (κ1) is 20.2. The second-order valence-electron chi connectivity index (χ2n) is 5.73. The molecule has 0 aliphatic heterocycles. The van der Waals surface area contributed by atoms with Crippen LogP contribution in [0.5, 0.6) is 0 Å². The number of pyridine rings is 1. The van der Waals surface area contributed by atoms with E-state index in [2.05, 4.69) is 4.98 Å². The lowest BCUT2D eigenvalue weighted by atomic mass is 10.1. The van der Waals surface area contributed by atoms with E-state index in [1.165, 1.54) is 30.3 Å². The summed E-state index contributed by atoms with van der Waals surface area (Å²) >= 11 is 6.71. The third-order valence-corrected chi connectivity index (χ3v) is 5.14. The van der Waals surface area contributed by atoms with Crippen LogP contribution in [0.25, 0.3) is 11.3 Å². The Bertz CT molecular complexity index is 1040. The van der Waals surface area contributed by atoms with Crippen molar-refractivity contribution in [2.24, 2.45) is 0 Å². The predicted octanol–water partition coefficient (Wildman–Crippen LogP) is 6.72. The van der Waals surface area contributed by atoms with Crippen LogP contribution in [0, 0.1) is 17.1 Å². The molecule has 0 aliphatic rings. The molecule has 0 saturated carbocycles. The highest BCUT2D eigenvalue weighted by molar-refractivity contribution is 7.98. The summed E-state index contributed by atoms with van der Waals surface area (Å²) in [4.78, 5) is 4.24. The fourth-order valence-electron chi connectivity index (χ4n) is 2.49. The van der Waals surface area contributed by atoms with Gasteiger partial charge in [0.1, 0.15) is 16.9 Å². The molecule has 0 bridgehead atoms. The van der Waals surface area contributed by atoms with Crippen LogP contribution >= 0.6 is 23.4 Å². The molecule has 0 N–H and O–H groups in total. The third kappa shape index (κ3) is 4.46. The van der Waals surface area contributed by atoms with Gasteiger partial charge in [0.05, 0.1) is 16.8 Å². The van der Waals surface area contributed by atoms with E-state index in [1.807, 2.05) is 0 Å². The highest BCUT2D eigenvalue weighted by atomic mass is 35.5. The van der Waals surface area contributed by atoms with Gasteiger partial charge in [0, 0.05) is 16.3 Å². The standard InChI is InChI=1S/C20H11ClF4N2S/c21-14-7-5-12(6-8-14)18-9-16(20(23,24)25)15(10-26)19(27-18)28-11-13-3-1-2-4-17(13)22/h1-9H,11H2. The van der Waals surface area contributed by atoms with Crippen LogP contribution in [0.2, 0.25) is 5.02 Å². The van der Waals surface area contributed by atoms with E-state index in [-0.39, 0.29) is 16.5 Å². The number of aromatic nitrogens is 1. The summed E-state index contributed by atoms with van der Waals surface area (Å²) in [6, 6.07) is 14.5. The maximum Gasteiger partial charge on any atom is 0.417 e. The second kappa shape index (κ2) is 8.21. The Labute approximate surface area is 167 Å². The summed E-state index contributed by atoms with van der Waals surface area (Å²) in [6.07, 6.45) is -4.73. The average Bonchev–Trinajstić information content (AvgIpc) is 2.66. The monoisotopic (exact) mass is 422 g/mol. The molecule has 3 rings (SSSR count). The Hall–Kier alpha value is -2.56. The quantitative estimate of drug-likeness (QED) is 0.345. The lowest BCUT2D eigenvalue weighted by Crippen LogP contribution is -2.10. The van der Waals surface area contributed by atoms with Crippen molar-refractivity contribution < 1.29 is 17.6 Å². The lowest BCUT2D eigenvalue weighted by molar-refractivity contribution is -0.138. The predicted molar refractivity (Wildman–Crippen MR) is 100 cm³/mol. The van der Waals surface area contributed by atoms with E-state index < -0.39 is 23.1 Å². The molecule has 1 heterocycles. The fourth-order valence-corrected chi connectivity index (χ4v) is 3.60. The van der Waals surface area contributed by atoms with Crippen LogP contribution in [0.4, 0.5) is 17.6 Å². The van der Waals surface area contributed by atoms with E-state index in [4.69, 9.17) is 11.6 Å². The van der Waals surface area contributed by atoms with Crippen molar-refractivity contribution >= 4 is 23.4 Å². The molecule has 8 heteroatoms. The van der Waals surface area contributed by atoms with E-state index in [1.54, 1.807) is 24.3 Å². The van der Waals surface area contributed by atoms with Gasteiger partial charge in [0.15, 0.2) is 0 Å². The molecule has 3 aromatic rings. The van der Waals surface area contributed by atoms with E-state index in [0.29, 0.717) is 16.1 Å². The van der Waals surface area contributed by atoms with Gasteiger partial charge >= 0.3 is 6.18 Å². The second-order valence-corrected chi connectivity index (χ2v) is 7.13. The normalized spacial score (nSPS) is 11.3. The molecule has 0 radical (unpaired) electrons. The molecule has 0 aliphatic carbocycles. The Balaban J connectivity index is 2.08. The molecule has 0 unspecified atom stereocenters. The molecule has 0 fully saturated rings. The number of alkyl halides is 3. The topological polar surface area (TPSA) is 36.7 Å². The molecular weight excluding hydrogens is 412 g/mol. The smallest absolute Gasteiger partial charge is 0.240 e. The van der Waals surface area contributed by atoms with Gasteiger partial charge in [-0.15, -0.1) is 11.8 Å². The van der Waals surface area contributed by atoms with Crippen LogP contribution in [0.3, 0.4) is 0 Å². The number of nitriles is 1. The number of rotatable bonds is 4. The SMILES string of the molecule is N#Cc1c(C(F)(F)F)cc(-c2ccc(Cl)cc2)nc1SCc1ccccc1F. The molecular formula is C20H11ClF4N2S. The number of thioether (sulfide) groups is 1. The molecule has 2 aromatic carbocycles.